The van der Waals surface area contributed by atoms with Gasteiger partial charge in [0.15, 0.2) is 0 Å². The highest BCUT2D eigenvalue weighted by atomic mass is 32.2. The smallest absolute Gasteiger partial charge is 0.150 e. The second-order valence-corrected chi connectivity index (χ2v) is 12.9. The molecule has 0 aromatic heterocycles. The molecule has 0 radical (unpaired) electrons. The Morgan fingerprint density at radius 2 is 1.89 bits per heavy atom. The summed E-state index contributed by atoms with van der Waals surface area (Å²) >= 11 is 2.06. The Morgan fingerprint density at radius 1 is 1.07 bits per heavy atom. The Bertz CT molecular complexity index is 586. The number of fused-ring (bicyclic) bond motifs is 1. The molecule has 27 heavy (non-hydrogen) atoms. The van der Waals surface area contributed by atoms with Crippen molar-refractivity contribution in [3.63, 3.8) is 0 Å². The maximum absolute atomic E-state index is 11.9. The van der Waals surface area contributed by atoms with Crippen LogP contribution in [0.4, 0.5) is 0 Å². The van der Waals surface area contributed by atoms with Gasteiger partial charge in [-0.3, -0.25) is 5.32 Å². The Labute approximate surface area is 169 Å². The van der Waals surface area contributed by atoms with Gasteiger partial charge in [-0.15, -0.1) is 0 Å². The molecule has 0 aromatic carbocycles. The van der Waals surface area contributed by atoms with Crippen molar-refractivity contribution in [3.8, 4) is 0 Å². The number of ether oxygens (including phenoxy) is 1. The Balaban J connectivity index is 1.38. The van der Waals surface area contributed by atoms with E-state index >= 15 is 0 Å². The molecule has 3 heterocycles. The number of sulfone groups is 1. The third kappa shape index (κ3) is 5.03. The molecule has 5 unspecified atom stereocenters. The molecule has 4 aliphatic rings. The van der Waals surface area contributed by atoms with Crippen LogP contribution in [-0.4, -0.2) is 62.4 Å². The minimum atomic E-state index is -2.89. The summed E-state index contributed by atoms with van der Waals surface area (Å²) in [5.41, 5.74) is 0. The van der Waals surface area contributed by atoms with Crippen LogP contribution in [0.3, 0.4) is 0 Å². The lowest BCUT2D eigenvalue weighted by atomic mass is 9.71. The highest BCUT2D eigenvalue weighted by Gasteiger charge is 2.43. The Hall–Kier alpha value is 0.180. The monoisotopic (exact) mass is 416 g/mol. The molecule has 5 nitrogen and oxygen atoms in total. The first kappa shape index (κ1) is 20.5. The zero-order chi connectivity index (χ0) is 18.9. The number of piperidine rings is 2. The zero-order valence-corrected chi connectivity index (χ0v) is 18.2. The van der Waals surface area contributed by atoms with Crippen molar-refractivity contribution < 1.29 is 13.2 Å². The fourth-order valence-corrected chi connectivity index (χ4v) is 8.08. The van der Waals surface area contributed by atoms with Crippen molar-refractivity contribution in [1.82, 2.24) is 10.6 Å². The lowest BCUT2D eigenvalue weighted by Crippen LogP contribution is -2.63. The fourth-order valence-electron chi connectivity index (χ4n) is 5.78. The van der Waals surface area contributed by atoms with E-state index in [0.29, 0.717) is 29.2 Å². The van der Waals surface area contributed by atoms with E-state index in [0.717, 1.165) is 45.3 Å². The van der Waals surface area contributed by atoms with Gasteiger partial charge in [-0.25, -0.2) is 8.42 Å². The Morgan fingerprint density at radius 3 is 2.59 bits per heavy atom. The summed E-state index contributed by atoms with van der Waals surface area (Å²) in [7, 11) is -2.89. The SMILES string of the molecule is CS(=O)(=O)C1CCC(C2NC(OCC3CCCS3)CC3NCCCC32)CC1. The number of thioether (sulfide) groups is 1. The van der Waals surface area contributed by atoms with Gasteiger partial charge in [-0.05, 0) is 75.5 Å². The van der Waals surface area contributed by atoms with Crippen molar-refractivity contribution in [2.75, 3.05) is 25.2 Å². The van der Waals surface area contributed by atoms with E-state index in [9.17, 15) is 8.42 Å². The van der Waals surface area contributed by atoms with Crippen LogP contribution in [0.25, 0.3) is 0 Å². The van der Waals surface area contributed by atoms with Gasteiger partial charge in [0.25, 0.3) is 0 Å². The quantitative estimate of drug-likeness (QED) is 0.718. The number of hydrogen-bond acceptors (Lipinski definition) is 6. The van der Waals surface area contributed by atoms with E-state index < -0.39 is 9.84 Å². The van der Waals surface area contributed by atoms with Crippen molar-refractivity contribution >= 4 is 21.6 Å². The summed E-state index contributed by atoms with van der Waals surface area (Å²) in [6, 6.07) is 1.03. The van der Waals surface area contributed by atoms with E-state index in [1.165, 1.54) is 37.7 Å². The average molecular weight is 417 g/mol. The fraction of sp³-hybridized carbons (Fsp3) is 1.00. The van der Waals surface area contributed by atoms with Crippen molar-refractivity contribution in [2.24, 2.45) is 11.8 Å². The maximum Gasteiger partial charge on any atom is 0.150 e. The predicted molar refractivity (Wildman–Crippen MR) is 112 cm³/mol. The molecule has 3 aliphatic heterocycles. The molecule has 0 bridgehead atoms. The van der Waals surface area contributed by atoms with Crippen LogP contribution < -0.4 is 10.6 Å². The minimum absolute atomic E-state index is 0.121. The molecular weight excluding hydrogens is 380 g/mol. The largest absolute Gasteiger partial charge is 0.362 e. The second-order valence-electron chi connectivity index (χ2n) is 9.12. The predicted octanol–water partition coefficient (Wildman–Crippen LogP) is 2.56. The summed E-state index contributed by atoms with van der Waals surface area (Å²) in [5, 5.41) is 8.19. The molecule has 156 valence electrons. The molecule has 1 saturated carbocycles. The van der Waals surface area contributed by atoms with Crippen molar-refractivity contribution in [2.45, 2.75) is 86.6 Å². The highest BCUT2D eigenvalue weighted by Crippen LogP contribution is 2.39. The molecule has 5 atom stereocenters. The lowest BCUT2D eigenvalue weighted by molar-refractivity contribution is -0.0458. The molecule has 4 rings (SSSR count). The van der Waals surface area contributed by atoms with Gasteiger partial charge in [0.1, 0.15) is 16.1 Å². The van der Waals surface area contributed by atoms with E-state index in [1.54, 1.807) is 0 Å². The number of hydrogen-bond donors (Lipinski definition) is 2. The first-order valence-electron chi connectivity index (χ1n) is 10.9. The standard InChI is InChI=1S/C20H36N2O3S2/c1-27(23,24)16-8-6-14(7-9-16)20-17-5-2-10-21-18(17)12-19(22-20)25-13-15-4-3-11-26-15/h14-22H,2-13H2,1H3. The van der Waals surface area contributed by atoms with Gasteiger partial charge in [0.2, 0.25) is 0 Å². The van der Waals surface area contributed by atoms with Crippen molar-refractivity contribution in [3.05, 3.63) is 0 Å². The third-order valence-electron chi connectivity index (χ3n) is 7.28. The van der Waals surface area contributed by atoms with Gasteiger partial charge >= 0.3 is 0 Å². The first-order chi connectivity index (χ1) is 13.0. The molecule has 0 aromatic rings. The lowest BCUT2D eigenvalue weighted by Gasteiger charge is -2.49. The molecule has 7 heteroatoms. The van der Waals surface area contributed by atoms with Crippen LogP contribution in [0, 0.1) is 11.8 Å². The van der Waals surface area contributed by atoms with Gasteiger partial charge < -0.3 is 10.1 Å². The molecule has 4 fully saturated rings. The number of rotatable bonds is 5. The Kier molecular flexibility index (Phi) is 6.74. The molecule has 0 amide bonds. The second kappa shape index (κ2) is 8.90. The summed E-state index contributed by atoms with van der Waals surface area (Å²) in [6.45, 7) is 1.99. The summed E-state index contributed by atoms with van der Waals surface area (Å²) in [6.07, 6.45) is 11.5. The van der Waals surface area contributed by atoms with Gasteiger partial charge in [0.05, 0.1) is 11.9 Å². The van der Waals surface area contributed by atoms with Gasteiger partial charge in [-0.2, -0.15) is 11.8 Å². The van der Waals surface area contributed by atoms with E-state index in [-0.39, 0.29) is 11.5 Å². The first-order valence-corrected chi connectivity index (χ1v) is 13.9. The summed E-state index contributed by atoms with van der Waals surface area (Å²) in [5.74, 6) is 2.53. The van der Waals surface area contributed by atoms with Crippen LogP contribution in [0.2, 0.25) is 0 Å². The van der Waals surface area contributed by atoms with E-state index in [4.69, 9.17) is 4.74 Å². The van der Waals surface area contributed by atoms with Crippen LogP contribution >= 0.6 is 11.8 Å². The van der Waals surface area contributed by atoms with E-state index in [1.807, 2.05) is 0 Å². The van der Waals surface area contributed by atoms with Crippen LogP contribution in [-0.2, 0) is 14.6 Å². The van der Waals surface area contributed by atoms with Crippen LogP contribution in [0.15, 0.2) is 0 Å². The summed E-state index contributed by atoms with van der Waals surface area (Å²) < 4.78 is 30.2. The van der Waals surface area contributed by atoms with Crippen molar-refractivity contribution in [1.29, 1.82) is 0 Å². The van der Waals surface area contributed by atoms with Gasteiger partial charge in [0, 0.05) is 30.0 Å². The van der Waals surface area contributed by atoms with Crippen LogP contribution in [0.1, 0.15) is 57.8 Å². The minimum Gasteiger partial charge on any atom is -0.362 e. The topological polar surface area (TPSA) is 67.4 Å². The zero-order valence-electron chi connectivity index (χ0n) is 16.6. The number of nitrogens with one attached hydrogen (secondary N) is 2. The summed E-state index contributed by atoms with van der Waals surface area (Å²) in [4.78, 5) is 0. The van der Waals surface area contributed by atoms with E-state index in [2.05, 4.69) is 22.4 Å². The highest BCUT2D eigenvalue weighted by molar-refractivity contribution is 8.00. The normalized spacial score (nSPS) is 43.4. The molecular formula is C20H36N2O3S2. The average Bonchev–Trinajstić information content (AvgIpc) is 3.19. The molecule has 0 spiro atoms. The maximum atomic E-state index is 11.9. The molecule has 2 N–H and O–H groups in total. The molecule has 1 aliphatic carbocycles. The third-order valence-corrected chi connectivity index (χ3v) is 10.3. The molecule has 3 saturated heterocycles. The van der Waals surface area contributed by atoms with Crippen LogP contribution in [0.5, 0.6) is 0 Å². The van der Waals surface area contributed by atoms with Gasteiger partial charge in [-0.1, -0.05) is 0 Å².